The highest BCUT2D eigenvalue weighted by Gasteiger charge is 2.37. The molecule has 25 heavy (non-hydrogen) atoms. The number of amides is 1. The minimum absolute atomic E-state index is 0.0825. The Morgan fingerprint density at radius 2 is 1.76 bits per heavy atom. The molecule has 0 bridgehead atoms. The number of hydrogen-bond donors (Lipinski definition) is 1. The fourth-order valence-corrected chi connectivity index (χ4v) is 3.02. The Bertz CT molecular complexity index is 896. The largest absolute Gasteiger partial charge is 0.360 e. The lowest BCUT2D eigenvalue weighted by Gasteiger charge is -2.26. The fraction of sp³-hybridized carbons (Fsp3) is 0.100. The second-order valence-electron chi connectivity index (χ2n) is 5.91. The molecule has 2 heterocycles. The van der Waals surface area contributed by atoms with Gasteiger partial charge in [0.15, 0.2) is 0 Å². The first kappa shape index (κ1) is 15.3. The van der Waals surface area contributed by atoms with E-state index in [1.165, 1.54) is 12.1 Å². The summed E-state index contributed by atoms with van der Waals surface area (Å²) in [5.41, 5.74) is 3.07. The molecule has 1 aromatic heterocycles. The first-order valence-corrected chi connectivity index (χ1v) is 8.04. The predicted octanol–water partition coefficient (Wildman–Crippen LogP) is 3.99. The van der Waals surface area contributed by atoms with E-state index >= 15 is 0 Å². The number of carbonyl (C=O) groups is 1. The van der Waals surface area contributed by atoms with Gasteiger partial charge in [-0.2, -0.15) is 0 Å². The van der Waals surface area contributed by atoms with Gasteiger partial charge >= 0.3 is 0 Å². The molecule has 0 aliphatic carbocycles. The van der Waals surface area contributed by atoms with Crippen molar-refractivity contribution in [2.75, 3.05) is 5.32 Å². The molecule has 0 radical (unpaired) electrons. The zero-order chi connectivity index (χ0) is 17.2. The normalized spacial score (nSPS) is 16.0. The van der Waals surface area contributed by atoms with E-state index in [0.717, 1.165) is 11.3 Å². The summed E-state index contributed by atoms with van der Waals surface area (Å²) >= 11 is 0. The summed E-state index contributed by atoms with van der Waals surface area (Å²) in [6, 6.07) is 19.4. The van der Waals surface area contributed by atoms with Gasteiger partial charge in [0, 0.05) is 18.4 Å². The molecule has 0 spiro atoms. The highest BCUT2D eigenvalue weighted by molar-refractivity contribution is 5.98. The van der Waals surface area contributed by atoms with Gasteiger partial charge in [0.05, 0.1) is 11.3 Å². The number of aromatic nitrogens is 1. The molecule has 124 valence electrons. The van der Waals surface area contributed by atoms with Crippen LogP contribution in [0.4, 0.5) is 10.1 Å². The average Bonchev–Trinajstić information content (AvgIpc) is 2.91. The molecular formula is C20H16FN3O. The standard InChI is InChI=1S/C20H16FN3O/c21-15-10-8-14(9-11-15)13-24-19(23-16-5-2-1-3-6-16)18-17(20(24)25)7-4-12-22-18/h1-12,19,23H,13H2. The first-order valence-electron chi connectivity index (χ1n) is 8.04. The number of halogens is 1. The van der Waals surface area contributed by atoms with Gasteiger partial charge in [0.2, 0.25) is 0 Å². The fourth-order valence-electron chi connectivity index (χ4n) is 3.02. The van der Waals surface area contributed by atoms with E-state index in [-0.39, 0.29) is 17.9 Å². The third kappa shape index (κ3) is 2.96. The minimum Gasteiger partial charge on any atom is -0.360 e. The highest BCUT2D eigenvalue weighted by atomic mass is 19.1. The molecule has 3 aromatic rings. The van der Waals surface area contributed by atoms with E-state index in [1.807, 2.05) is 30.3 Å². The third-order valence-electron chi connectivity index (χ3n) is 4.24. The number of carbonyl (C=O) groups excluding carboxylic acids is 1. The van der Waals surface area contributed by atoms with Gasteiger partial charge in [-0.05, 0) is 42.0 Å². The van der Waals surface area contributed by atoms with E-state index in [9.17, 15) is 9.18 Å². The first-order chi connectivity index (χ1) is 12.2. The highest BCUT2D eigenvalue weighted by Crippen LogP contribution is 2.34. The van der Waals surface area contributed by atoms with Crippen molar-refractivity contribution in [3.05, 3.63) is 95.6 Å². The molecule has 4 nitrogen and oxygen atoms in total. The van der Waals surface area contributed by atoms with Crippen molar-refractivity contribution >= 4 is 11.6 Å². The summed E-state index contributed by atoms with van der Waals surface area (Å²) in [6.45, 7) is 0.375. The summed E-state index contributed by atoms with van der Waals surface area (Å²) in [7, 11) is 0. The molecule has 4 rings (SSSR count). The van der Waals surface area contributed by atoms with Crippen molar-refractivity contribution in [1.29, 1.82) is 0 Å². The van der Waals surface area contributed by atoms with Crippen molar-refractivity contribution in [2.45, 2.75) is 12.7 Å². The summed E-state index contributed by atoms with van der Waals surface area (Å²) in [6.07, 6.45) is 1.32. The average molecular weight is 333 g/mol. The maximum Gasteiger partial charge on any atom is 0.258 e. The van der Waals surface area contributed by atoms with E-state index < -0.39 is 0 Å². The predicted molar refractivity (Wildman–Crippen MR) is 93.3 cm³/mol. The van der Waals surface area contributed by atoms with Crippen molar-refractivity contribution in [3.63, 3.8) is 0 Å². The Morgan fingerprint density at radius 1 is 1.00 bits per heavy atom. The van der Waals surface area contributed by atoms with Crippen molar-refractivity contribution in [3.8, 4) is 0 Å². The summed E-state index contributed by atoms with van der Waals surface area (Å²) < 4.78 is 13.2. The SMILES string of the molecule is O=C1c2cccnc2C(Nc2ccccc2)N1Cc1ccc(F)cc1. The molecule has 0 fully saturated rings. The molecule has 1 N–H and O–H groups in total. The van der Waals surface area contributed by atoms with Crippen LogP contribution >= 0.6 is 0 Å². The zero-order valence-corrected chi connectivity index (χ0v) is 13.4. The molecule has 1 amide bonds. The number of anilines is 1. The number of pyridine rings is 1. The van der Waals surface area contributed by atoms with Crippen LogP contribution in [0.15, 0.2) is 72.9 Å². The van der Waals surface area contributed by atoms with E-state index in [4.69, 9.17) is 0 Å². The van der Waals surface area contributed by atoms with Crippen LogP contribution in [0.2, 0.25) is 0 Å². The van der Waals surface area contributed by atoms with Crippen molar-refractivity contribution in [2.24, 2.45) is 0 Å². The number of rotatable bonds is 4. The second kappa shape index (κ2) is 6.36. The van der Waals surface area contributed by atoms with Crippen molar-refractivity contribution in [1.82, 2.24) is 9.88 Å². The van der Waals surface area contributed by atoms with Crippen LogP contribution in [0.1, 0.15) is 27.8 Å². The Hall–Kier alpha value is -3.21. The van der Waals surface area contributed by atoms with Gasteiger partial charge in [-0.15, -0.1) is 0 Å². The molecule has 2 aromatic carbocycles. The van der Waals surface area contributed by atoms with E-state index in [0.29, 0.717) is 17.8 Å². The minimum atomic E-state index is -0.365. The number of fused-ring (bicyclic) bond motifs is 1. The quantitative estimate of drug-likeness (QED) is 0.785. The Labute approximate surface area is 144 Å². The summed E-state index contributed by atoms with van der Waals surface area (Å²) in [5, 5.41) is 3.38. The zero-order valence-electron chi connectivity index (χ0n) is 13.4. The van der Waals surface area contributed by atoms with Gasteiger partial charge in [0.1, 0.15) is 12.0 Å². The molecule has 5 heteroatoms. The maximum atomic E-state index is 13.2. The molecule has 1 aliphatic rings. The molecule has 1 aliphatic heterocycles. The Morgan fingerprint density at radius 3 is 2.52 bits per heavy atom. The lowest BCUT2D eigenvalue weighted by atomic mass is 10.2. The number of hydrogen-bond acceptors (Lipinski definition) is 3. The Kier molecular flexibility index (Phi) is 3.90. The Balaban J connectivity index is 1.68. The van der Waals surface area contributed by atoms with Crippen LogP contribution in [0.5, 0.6) is 0 Å². The molecule has 0 saturated heterocycles. The van der Waals surface area contributed by atoms with Crippen LogP contribution in [0.3, 0.4) is 0 Å². The molecule has 1 atom stereocenters. The van der Waals surface area contributed by atoms with Crippen LogP contribution in [0.25, 0.3) is 0 Å². The van der Waals surface area contributed by atoms with Gasteiger partial charge in [-0.25, -0.2) is 4.39 Å². The second-order valence-corrected chi connectivity index (χ2v) is 5.91. The van der Waals surface area contributed by atoms with E-state index in [1.54, 1.807) is 35.4 Å². The monoisotopic (exact) mass is 333 g/mol. The summed E-state index contributed by atoms with van der Waals surface area (Å²) in [5.74, 6) is -0.374. The van der Waals surface area contributed by atoms with E-state index in [2.05, 4.69) is 10.3 Å². The smallest absolute Gasteiger partial charge is 0.258 e. The van der Waals surface area contributed by atoms with Gasteiger partial charge in [0.25, 0.3) is 5.91 Å². The number of nitrogens with zero attached hydrogens (tertiary/aromatic N) is 2. The lowest BCUT2D eigenvalue weighted by Crippen LogP contribution is -2.32. The van der Waals surface area contributed by atoms with Crippen LogP contribution in [0, 0.1) is 5.82 Å². The van der Waals surface area contributed by atoms with Gasteiger partial charge in [-0.3, -0.25) is 9.78 Å². The summed E-state index contributed by atoms with van der Waals surface area (Å²) in [4.78, 5) is 19.0. The maximum absolute atomic E-state index is 13.2. The topological polar surface area (TPSA) is 45.2 Å². The van der Waals surface area contributed by atoms with Crippen molar-refractivity contribution < 1.29 is 9.18 Å². The van der Waals surface area contributed by atoms with Gasteiger partial charge in [-0.1, -0.05) is 30.3 Å². The number of benzene rings is 2. The lowest BCUT2D eigenvalue weighted by molar-refractivity contribution is 0.0728. The third-order valence-corrected chi connectivity index (χ3v) is 4.24. The molecule has 1 unspecified atom stereocenters. The molecular weight excluding hydrogens is 317 g/mol. The van der Waals surface area contributed by atoms with Crippen LogP contribution in [-0.2, 0) is 6.54 Å². The molecule has 0 saturated carbocycles. The van der Waals surface area contributed by atoms with Crippen LogP contribution < -0.4 is 5.32 Å². The van der Waals surface area contributed by atoms with Gasteiger partial charge < -0.3 is 10.2 Å². The van der Waals surface area contributed by atoms with Crippen LogP contribution in [-0.4, -0.2) is 15.8 Å². The number of para-hydroxylation sites is 1. The number of nitrogens with one attached hydrogen (secondary N) is 1.